The average molecular weight is 486 g/mol. The molecule has 8 nitrogen and oxygen atoms in total. The monoisotopic (exact) mass is 485 g/mol. The van der Waals surface area contributed by atoms with Crippen LogP contribution >= 0.6 is 0 Å². The quantitative estimate of drug-likeness (QED) is 0.305. The second-order valence-corrected chi connectivity index (χ2v) is 9.62. The molecule has 2 unspecified atom stereocenters. The number of nitrogens with zero attached hydrogens (tertiary/aromatic N) is 3. The Labute approximate surface area is 208 Å². The van der Waals surface area contributed by atoms with Crippen molar-refractivity contribution < 1.29 is 9.13 Å². The fraction of sp³-hybridized carbons (Fsp3) is 0.654. The highest BCUT2D eigenvalue weighted by atomic mass is 19.1. The highest BCUT2D eigenvalue weighted by Crippen LogP contribution is 2.25. The summed E-state index contributed by atoms with van der Waals surface area (Å²) in [5.74, 6) is 1.30. The first-order chi connectivity index (χ1) is 17.1. The van der Waals surface area contributed by atoms with Crippen LogP contribution < -0.4 is 26.0 Å². The highest BCUT2D eigenvalue weighted by molar-refractivity contribution is 5.57. The van der Waals surface area contributed by atoms with Gasteiger partial charge in [0.15, 0.2) is 11.6 Å². The summed E-state index contributed by atoms with van der Waals surface area (Å²) in [4.78, 5) is 14.0. The molecular weight excluding hydrogens is 445 g/mol. The molecule has 1 aliphatic carbocycles. The Morgan fingerprint density at radius 3 is 2.46 bits per heavy atom. The minimum absolute atomic E-state index is 0.228. The Morgan fingerprint density at radius 1 is 1.00 bits per heavy atom. The van der Waals surface area contributed by atoms with Crippen LogP contribution in [0.5, 0.6) is 5.75 Å². The van der Waals surface area contributed by atoms with E-state index in [2.05, 4.69) is 38.2 Å². The first-order valence-electron chi connectivity index (χ1n) is 13.4. The van der Waals surface area contributed by atoms with E-state index in [1.165, 1.54) is 38.2 Å². The van der Waals surface area contributed by atoms with Crippen molar-refractivity contribution in [2.45, 2.75) is 96.2 Å². The van der Waals surface area contributed by atoms with E-state index >= 15 is 0 Å². The molecule has 0 bridgehead atoms. The zero-order valence-electron chi connectivity index (χ0n) is 21.1. The molecule has 2 aliphatic rings. The van der Waals surface area contributed by atoms with Crippen molar-refractivity contribution in [1.82, 2.24) is 20.3 Å². The standard InChI is InChI=1S/C26H40FN7O/c1-3-16-35-23-14-13-19(17-20(23)27)30-25-32-24(29-18-10-7-5-6-8-11-18)33-26(34-25)31-21(4-2)22-12-9-15-28-22/h13-14,17-18,21-22,28H,3-12,15-16H2,1-2H3,(H3,29,30,31,32,33,34). The number of hydrogen-bond acceptors (Lipinski definition) is 8. The summed E-state index contributed by atoms with van der Waals surface area (Å²) in [6, 6.07) is 5.81. The summed E-state index contributed by atoms with van der Waals surface area (Å²) < 4.78 is 20.0. The van der Waals surface area contributed by atoms with E-state index in [0.717, 1.165) is 38.6 Å². The number of halogens is 1. The van der Waals surface area contributed by atoms with Gasteiger partial charge in [-0.05, 0) is 57.2 Å². The fourth-order valence-corrected chi connectivity index (χ4v) is 4.91. The molecule has 4 N–H and O–H groups in total. The van der Waals surface area contributed by atoms with Crippen molar-refractivity contribution in [3.8, 4) is 5.75 Å². The molecule has 9 heteroatoms. The van der Waals surface area contributed by atoms with E-state index in [9.17, 15) is 4.39 Å². The Kier molecular flexibility index (Phi) is 9.34. The number of benzene rings is 1. The highest BCUT2D eigenvalue weighted by Gasteiger charge is 2.24. The van der Waals surface area contributed by atoms with Crippen LogP contribution in [0, 0.1) is 5.82 Å². The van der Waals surface area contributed by atoms with E-state index in [1.807, 2.05) is 6.92 Å². The molecule has 2 aromatic rings. The van der Waals surface area contributed by atoms with Crippen molar-refractivity contribution in [3.05, 3.63) is 24.0 Å². The van der Waals surface area contributed by atoms with Crippen LogP contribution in [0.2, 0.25) is 0 Å². The summed E-state index contributed by atoms with van der Waals surface area (Å²) in [7, 11) is 0. The minimum atomic E-state index is -0.411. The number of rotatable bonds is 11. The lowest BCUT2D eigenvalue weighted by Crippen LogP contribution is -2.40. The van der Waals surface area contributed by atoms with Gasteiger partial charge < -0.3 is 26.0 Å². The largest absolute Gasteiger partial charge is 0.491 e. The summed E-state index contributed by atoms with van der Waals surface area (Å²) in [6.45, 7) is 5.70. The Hall–Kier alpha value is -2.68. The molecule has 192 valence electrons. The van der Waals surface area contributed by atoms with Crippen LogP contribution in [0.4, 0.5) is 27.9 Å². The third-order valence-electron chi connectivity index (χ3n) is 6.81. The predicted molar refractivity (Wildman–Crippen MR) is 139 cm³/mol. The van der Waals surface area contributed by atoms with Crippen molar-refractivity contribution >= 4 is 23.5 Å². The van der Waals surface area contributed by atoms with Gasteiger partial charge in [0.1, 0.15) is 0 Å². The summed E-state index contributed by atoms with van der Waals surface area (Å²) in [5, 5.41) is 13.8. The molecule has 2 atom stereocenters. The lowest BCUT2D eigenvalue weighted by Gasteiger charge is -2.24. The van der Waals surface area contributed by atoms with Crippen LogP contribution in [-0.2, 0) is 0 Å². The first-order valence-corrected chi connectivity index (χ1v) is 13.4. The lowest BCUT2D eigenvalue weighted by atomic mass is 10.0. The summed E-state index contributed by atoms with van der Waals surface area (Å²) in [5.41, 5.74) is 0.563. The molecule has 2 fully saturated rings. The Bertz CT molecular complexity index is 930. The molecule has 1 saturated carbocycles. The lowest BCUT2D eigenvalue weighted by molar-refractivity contribution is 0.301. The van der Waals surface area contributed by atoms with E-state index in [0.29, 0.717) is 42.2 Å². The van der Waals surface area contributed by atoms with Crippen LogP contribution in [0.3, 0.4) is 0 Å². The van der Waals surface area contributed by atoms with Gasteiger partial charge in [0.05, 0.1) is 6.61 Å². The Balaban J connectivity index is 1.54. The third-order valence-corrected chi connectivity index (χ3v) is 6.81. The smallest absolute Gasteiger partial charge is 0.233 e. The van der Waals surface area contributed by atoms with E-state index in [4.69, 9.17) is 9.72 Å². The van der Waals surface area contributed by atoms with Crippen LogP contribution in [0.1, 0.15) is 78.1 Å². The molecule has 35 heavy (non-hydrogen) atoms. The number of nitrogens with one attached hydrogen (secondary N) is 4. The van der Waals surface area contributed by atoms with Crippen molar-refractivity contribution in [3.63, 3.8) is 0 Å². The maximum atomic E-state index is 14.5. The molecule has 0 spiro atoms. The zero-order valence-corrected chi connectivity index (χ0v) is 21.1. The van der Waals surface area contributed by atoms with Gasteiger partial charge in [-0.1, -0.05) is 39.5 Å². The molecule has 1 aliphatic heterocycles. The Morgan fingerprint density at radius 2 is 1.77 bits per heavy atom. The van der Waals surface area contributed by atoms with Gasteiger partial charge in [-0.2, -0.15) is 15.0 Å². The van der Waals surface area contributed by atoms with Gasteiger partial charge >= 0.3 is 0 Å². The molecule has 0 radical (unpaired) electrons. The van der Waals surface area contributed by atoms with Crippen LogP contribution in [0.15, 0.2) is 18.2 Å². The van der Waals surface area contributed by atoms with Gasteiger partial charge in [0.25, 0.3) is 0 Å². The first kappa shape index (κ1) is 25.4. The van der Waals surface area contributed by atoms with Crippen molar-refractivity contribution in [2.24, 2.45) is 0 Å². The predicted octanol–water partition coefficient (Wildman–Crippen LogP) is 5.62. The van der Waals surface area contributed by atoms with Gasteiger partial charge in [-0.3, -0.25) is 0 Å². The van der Waals surface area contributed by atoms with Crippen LogP contribution in [-0.4, -0.2) is 46.2 Å². The molecule has 1 aromatic heterocycles. The minimum Gasteiger partial charge on any atom is -0.491 e. The van der Waals surface area contributed by atoms with E-state index in [1.54, 1.807) is 12.1 Å². The van der Waals surface area contributed by atoms with Gasteiger partial charge in [-0.15, -0.1) is 0 Å². The molecule has 2 heterocycles. The second-order valence-electron chi connectivity index (χ2n) is 9.62. The van der Waals surface area contributed by atoms with E-state index < -0.39 is 5.82 Å². The zero-order chi connectivity index (χ0) is 24.5. The van der Waals surface area contributed by atoms with Crippen molar-refractivity contribution in [2.75, 3.05) is 29.1 Å². The summed E-state index contributed by atoms with van der Waals surface area (Å²) in [6.07, 6.45) is 11.3. The second kappa shape index (κ2) is 12.9. The number of hydrogen-bond donors (Lipinski definition) is 4. The fourth-order valence-electron chi connectivity index (χ4n) is 4.91. The van der Waals surface area contributed by atoms with E-state index in [-0.39, 0.29) is 11.8 Å². The molecule has 1 aromatic carbocycles. The van der Waals surface area contributed by atoms with Gasteiger partial charge in [0, 0.05) is 29.9 Å². The summed E-state index contributed by atoms with van der Waals surface area (Å²) >= 11 is 0. The molecule has 0 amide bonds. The molecular formula is C26H40FN7O. The third kappa shape index (κ3) is 7.40. The molecule has 4 rings (SSSR count). The SMILES string of the molecule is CCCOc1ccc(Nc2nc(NC3CCCCCC3)nc(NC(CC)C3CCCN3)n2)cc1F. The normalized spacial score (nSPS) is 19.7. The molecule has 1 saturated heterocycles. The van der Waals surface area contributed by atoms with Crippen molar-refractivity contribution in [1.29, 1.82) is 0 Å². The number of anilines is 4. The average Bonchev–Trinajstić information content (AvgIpc) is 3.27. The maximum Gasteiger partial charge on any atom is 0.233 e. The maximum absolute atomic E-state index is 14.5. The number of aromatic nitrogens is 3. The number of ether oxygens (including phenoxy) is 1. The van der Waals surface area contributed by atoms with Gasteiger partial charge in [0.2, 0.25) is 17.8 Å². The van der Waals surface area contributed by atoms with Crippen LogP contribution in [0.25, 0.3) is 0 Å². The van der Waals surface area contributed by atoms with Gasteiger partial charge in [-0.25, -0.2) is 4.39 Å². The topological polar surface area (TPSA) is 96.0 Å².